The first-order valence-electron chi connectivity index (χ1n) is 7.14. The van der Waals surface area contributed by atoms with Crippen LogP contribution in [-0.4, -0.2) is 5.78 Å². The van der Waals surface area contributed by atoms with Gasteiger partial charge in [0.25, 0.3) is 0 Å². The van der Waals surface area contributed by atoms with Crippen LogP contribution in [0.15, 0.2) is 48.5 Å². The van der Waals surface area contributed by atoms with Gasteiger partial charge in [0.15, 0.2) is 5.78 Å². The third kappa shape index (κ3) is 2.64. The Morgan fingerprint density at radius 1 is 0.950 bits per heavy atom. The van der Waals surface area contributed by atoms with Gasteiger partial charge in [0.1, 0.15) is 5.82 Å². The molecule has 0 unspecified atom stereocenters. The minimum atomic E-state index is -0.242. The molecule has 2 aromatic rings. The fraction of sp³-hybridized carbons (Fsp3) is 0.278. The summed E-state index contributed by atoms with van der Waals surface area (Å²) in [5.41, 5.74) is 2.55. The first kappa shape index (κ1) is 13.0. The number of rotatable bonds is 3. The number of benzene rings is 2. The van der Waals surface area contributed by atoms with Gasteiger partial charge in [0.2, 0.25) is 0 Å². The van der Waals surface area contributed by atoms with Gasteiger partial charge in [0.05, 0.1) is 0 Å². The maximum absolute atomic E-state index is 13.2. The highest BCUT2D eigenvalue weighted by Gasteiger charge is 2.23. The molecule has 0 saturated heterocycles. The Hall–Kier alpha value is -1.96. The molecule has 0 radical (unpaired) electrons. The standard InChI is InChI=1S/C18H17FO/c19-17-7-3-6-16(12-17)13-8-10-15(11-9-13)18(20)14-4-1-2-5-14/h3,6-12,14H,1-2,4-5H2. The van der Waals surface area contributed by atoms with Crippen LogP contribution in [0, 0.1) is 11.7 Å². The van der Waals surface area contributed by atoms with E-state index < -0.39 is 0 Å². The van der Waals surface area contributed by atoms with Gasteiger partial charge in [-0.1, -0.05) is 49.2 Å². The molecule has 2 aromatic carbocycles. The fourth-order valence-corrected chi connectivity index (χ4v) is 2.92. The summed E-state index contributed by atoms with van der Waals surface area (Å²) in [4.78, 5) is 12.3. The molecule has 0 bridgehead atoms. The van der Waals surface area contributed by atoms with Crippen LogP contribution in [0.2, 0.25) is 0 Å². The molecule has 0 aromatic heterocycles. The molecule has 1 nitrogen and oxygen atoms in total. The van der Waals surface area contributed by atoms with E-state index in [2.05, 4.69) is 0 Å². The first-order valence-corrected chi connectivity index (χ1v) is 7.14. The average Bonchev–Trinajstić information content (AvgIpc) is 3.01. The fourth-order valence-electron chi connectivity index (χ4n) is 2.92. The quantitative estimate of drug-likeness (QED) is 0.726. The van der Waals surface area contributed by atoms with Crippen molar-refractivity contribution in [2.24, 2.45) is 5.92 Å². The molecule has 2 heteroatoms. The van der Waals surface area contributed by atoms with E-state index in [4.69, 9.17) is 0 Å². The second kappa shape index (κ2) is 5.58. The zero-order chi connectivity index (χ0) is 13.9. The molecular weight excluding hydrogens is 251 g/mol. The zero-order valence-corrected chi connectivity index (χ0v) is 11.3. The third-order valence-corrected chi connectivity index (χ3v) is 4.05. The van der Waals surface area contributed by atoms with Crippen LogP contribution in [0.5, 0.6) is 0 Å². The Balaban J connectivity index is 1.82. The number of carbonyl (C=O) groups is 1. The van der Waals surface area contributed by atoms with E-state index in [-0.39, 0.29) is 17.5 Å². The lowest BCUT2D eigenvalue weighted by Crippen LogP contribution is -2.10. The molecule has 0 aliphatic heterocycles. The van der Waals surface area contributed by atoms with Crippen molar-refractivity contribution in [3.05, 3.63) is 59.9 Å². The number of ketones is 1. The highest BCUT2D eigenvalue weighted by Crippen LogP contribution is 2.29. The van der Waals surface area contributed by atoms with Crippen LogP contribution in [0.4, 0.5) is 4.39 Å². The van der Waals surface area contributed by atoms with Crippen LogP contribution in [0.3, 0.4) is 0 Å². The number of Topliss-reactive ketones (excluding diaryl/α,β-unsaturated/α-hetero) is 1. The third-order valence-electron chi connectivity index (χ3n) is 4.05. The average molecular weight is 268 g/mol. The Bertz CT molecular complexity index is 610. The van der Waals surface area contributed by atoms with Gasteiger partial charge in [-0.05, 0) is 36.1 Å². The van der Waals surface area contributed by atoms with Crippen molar-refractivity contribution in [3.8, 4) is 11.1 Å². The zero-order valence-electron chi connectivity index (χ0n) is 11.3. The van der Waals surface area contributed by atoms with E-state index in [1.165, 1.54) is 12.1 Å². The molecule has 1 aliphatic carbocycles. The molecule has 0 N–H and O–H groups in total. The Morgan fingerprint density at radius 2 is 1.65 bits per heavy atom. The largest absolute Gasteiger partial charge is 0.294 e. The van der Waals surface area contributed by atoms with Crippen LogP contribution in [0.25, 0.3) is 11.1 Å². The summed E-state index contributed by atoms with van der Waals surface area (Å²) in [5, 5.41) is 0. The van der Waals surface area contributed by atoms with Gasteiger partial charge in [-0.3, -0.25) is 4.79 Å². The predicted octanol–water partition coefficient (Wildman–Crippen LogP) is 4.87. The number of carbonyl (C=O) groups excluding carboxylic acids is 1. The summed E-state index contributed by atoms with van der Waals surface area (Å²) in [7, 11) is 0. The molecule has 0 amide bonds. The molecule has 1 saturated carbocycles. The van der Waals surface area contributed by atoms with Gasteiger partial charge in [0, 0.05) is 11.5 Å². The molecule has 0 atom stereocenters. The number of halogens is 1. The van der Waals surface area contributed by atoms with Gasteiger partial charge in [-0.25, -0.2) is 4.39 Å². The topological polar surface area (TPSA) is 17.1 Å². The second-order valence-electron chi connectivity index (χ2n) is 5.43. The highest BCUT2D eigenvalue weighted by atomic mass is 19.1. The van der Waals surface area contributed by atoms with Crippen molar-refractivity contribution in [3.63, 3.8) is 0 Å². The molecule has 20 heavy (non-hydrogen) atoms. The van der Waals surface area contributed by atoms with E-state index in [1.54, 1.807) is 6.07 Å². The van der Waals surface area contributed by atoms with E-state index in [0.29, 0.717) is 0 Å². The minimum absolute atomic E-state index is 0.204. The molecule has 102 valence electrons. The van der Waals surface area contributed by atoms with Crippen LogP contribution >= 0.6 is 0 Å². The van der Waals surface area contributed by atoms with E-state index >= 15 is 0 Å². The minimum Gasteiger partial charge on any atom is -0.294 e. The highest BCUT2D eigenvalue weighted by molar-refractivity contribution is 5.98. The summed E-state index contributed by atoms with van der Waals surface area (Å²) in [5.74, 6) is 0.219. The lowest BCUT2D eigenvalue weighted by Gasteiger charge is -2.09. The summed E-state index contributed by atoms with van der Waals surface area (Å²) >= 11 is 0. The molecule has 0 spiro atoms. The van der Waals surface area contributed by atoms with Gasteiger partial charge in [-0.2, -0.15) is 0 Å². The number of hydrogen-bond donors (Lipinski definition) is 0. The van der Waals surface area contributed by atoms with Gasteiger partial charge in [-0.15, -0.1) is 0 Å². The smallest absolute Gasteiger partial charge is 0.165 e. The monoisotopic (exact) mass is 268 g/mol. The van der Waals surface area contributed by atoms with Crippen molar-refractivity contribution in [1.82, 2.24) is 0 Å². The van der Waals surface area contributed by atoms with Crippen LogP contribution in [-0.2, 0) is 0 Å². The van der Waals surface area contributed by atoms with Crippen molar-refractivity contribution < 1.29 is 9.18 Å². The maximum Gasteiger partial charge on any atom is 0.165 e. The first-order chi connectivity index (χ1) is 9.74. The normalized spacial score (nSPS) is 15.4. The van der Waals surface area contributed by atoms with E-state index in [1.807, 2.05) is 30.3 Å². The number of hydrogen-bond acceptors (Lipinski definition) is 1. The van der Waals surface area contributed by atoms with Crippen LogP contribution in [0.1, 0.15) is 36.0 Å². The summed E-state index contributed by atoms with van der Waals surface area (Å²) in [6.45, 7) is 0. The predicted molar refractivity (Wildman–Crippen MR) is 78.1 cm³/mol. The molecule has 1 aliphatic rings. The van der Waals surface area contributed by atoms with Crippen LogP contribution < -0.4 is 0 Å². The van der Waals surface area contributed by atoms with Gasteiger partial charge >= 0.3 is 0 Å². The molecule has 0 heterocycles. The lowest BCUT2D eigenvalue weighted by atomic mass is 9.94. The Kier molecular flexibility index (Phi) is 3.64. The van der Waals surface area contributed by atoms with Crippen molar-refractivity contribution in [2.45, 2.75) is 25.7 Å². The van der Waals surface area contributed by atoms with Crippen molar-refractivity contribution in [1.29, 1.82) is 0 Å². The SMILES string of the molecule is O=C(c1ccc(-c2cccc(F)c2)cc1)C1CCCC1. The Morgan fingerprint density at radius 3 is 2.30 bits per heavy atom. The molecule has 1 fully saturated rings. The van der Waals surface area contributed by atoms with Crippen molar-refractivity contribution in [2.75, 3.05) is 0 Å². The molecular formula is C18H17FO. The maximum atomic E-state index is 13.2. The summed E-state index contributed by atoms with van der Waals surface area (Å²) in [6.07, 6.45) is 4.37. The van der Waals surface area contributed by atoms with Gasteiger partial charge < -0.3 is 0 Å². The Labute approximate surface area is 118 Å². The lowest BCUT2D eigenvalue weighted by molar-refractivity contribution is 0.0923. The van der Waals surface area contributed by atoms with E-state index in [0.717, 1.165) is 42.4 Å². The summed E-state index contributed by atoms with van der Waals surface area (Å²) in [6, 6.07) is 14.0. The van der Waals surface area contributed by atoms with Crippen molar-refractivity contribution >= 4 is 5.78 Å². The molecule has 3 rings (SSSR count). The summed E-state index contributed by atoms with van der Waals surface area (Å²) < 4.78 is 13.2. The second-order valence-corrected chi connectivity index (χ2v) is 5.43. The van der Waals surface area contributed by atoms with E-state index in [9.17, 15) is 9.18 Å².